The van der Waals surface area contributed by atoms with Gasteiger partial charge < -0.3 is 9.96 Å². The molecule has 1 aliphatic heterocycles. The van der Waals surface area contributed by atoms with E-state index in [0.717, 1.165) is 22.5 Å². The predicted molar refractivity (Wildman–Crippen MR) is 76.7 cm³/mol. The van der Waals surface area contributed by atoms with Crippen molar-refractivity contribution in [3.05, 3.63) is 59.7 Å². The second-order valence-corrected chi connectivity index (χ2v) is 4.21. The minimum absolute atomic E-state index is 0.876. The third-order valence-corrected chi connectivity index (χ3v) is 3.06. The van der Waals surface area contributed by atoms with Crippen molar-refractivity contribution in [3.63, 3.8) is 0 Å². The van der Waals surface area contributed by atoms with E-state index in [1.807, 2.05) is 37.7 Å². The molecule has 0 spiro atoms. The molecule has 1 radical (unpaired) electrons. The van der Waals surface area contributed by atoms with Crippen LogP contribution in [-0.4, -0.2) is 14.5 Å². The molecule has 0 bridgehead atoms. The average molecular weight is 234 g/mol. The number of methoxy groups -OCH3 is 1. The standard InChI is InChI=1S/C15H13BNO/c1-18-13-7-4-6-11(9-13)14-10-12-5-2-3-8-15(12)17-16-14/h2-10,17H,1H3. The van der Waals surface area contributed by atoms with E-state index in [1.54, 1.807) is 7.11 Å². The molecule has 0 aromatic heterocycles. The monoisotopic (exact) mass is 234 g/mol. The fourth-order valence-electron chi connectivity index (χ4n) is 2.09. The highest BCUT2D eigenvalue weighted by atomic mass is 16.5. The Morgan fingerprint density at radius 3 is 2.83 bits per heavy atom. The minimum atomic E-state index is 0.876. The van der Waals surface area contributed by atoms with Gasteiger partial charge in [-0.2, -0.15) is 0 Å². The van der Waals surface area contributed by atoms with E-state index in [1.165, 1.54) is 5.56 Å². The zero-order chi connectivity index (χ0) is 12.4. The zero-order valence-electron chi connectivity index (χ0n) is 10.2. The molecule has 0 saturated heterocycles. The first-order valence-corrected chi connectivity index (χ1v) is 5.92. The largest absolute Gasteiger partial charge is 0.497 e. The quantitative estimate of drug-likeness (QED) is 0.805. The van der Waals surface area contributed by atoms with Gasteiger partial charge in [0.2, 0.25) is 0 Å². The normalized spacial score (nSPS) is 12.8. The summed E-state index contributed by atoms with van der Waals surface area (Å²) in [7, 11) is 3.71. The van der Waals surface area contributed by atoms with E-state index in [0.29, 0.717) is 0 Å². The molecule has 2 nitrogen and oxygen atoms in total. The molecule has 0 atom stereocenters. The summed E-state index contributed by atoms with van der Waals surface area (Å²) in [5.74, 6) is 0.876. The molecule has 0 fully saturated rings. The van der Waals surface area contributed by atoms with Crippen LogP contribution in [0.5, 0.6) is 5.75 Å². The van der Waals surface area contributed by atoms with Crippen LogP contribution < -0.4 is 9.96 Å². The first kappa shape index (κ1) is 11.0. The highest BCUT2D eigenvalue weighted by molar-refractivity contribution is 6.66. The SMILES string of the molecule is COc1cccc(C2=Cc3ccccc3N[B]2)c1. The van der Waals surface area contributed by atoms with Crippen LogP contribution in [0.1, 0.15) is 11.1 Å². The molecule has 0 amide bonds. The number of fused-ring (bicyclic) bond motifs is 1. The van der Waals surface area contributed by atoms with E-state index < -0.39 is 0 Å². The topological polar surface area (TPSA) is 21.3 Å². The van der Waals surface area contributed by atoms with Crippen molar-refractivity contribution in [2.45, 2.75) is 0 Å². The van der Waals surface area contributed by atoms with Crippen LogP contribution in [0.25, 0.3) is 11.5 Å². The Kier molecular flexibility index (Phi) is 2.81. The van der Waals surface area contributed by atoms with Gasteiger partial charge in [-0.15, -0.1) is 0 Å². The number of anilines is 1. The van der Waals surface area contributed by atoms with E-state index in [2.05, 4.69) is 29.5 Å². The summed E-state index contributed by atoms with van der Waals surface area (Å²) in [5, 5.41) is 3.31. The number of hydrogen-bond donors (Lipinski definition) is 1. The van der Waals surface area contributed by atoms with Crippen molar-refractivity contribution in [2.24, 2.45) is 0 Å². The lowest BCUT2D eigenvalue weighted by Gasteiger charge is -2.18. The van der Waals surface area contributed by atoms with Gasteiger partial charge in [0.15, 0.2) is 0 Å². The molecule has 87 valence electrons. The number of para-hydroxylation sites is 1. The summed E-state index contributed by atoms with van der Waals surface area (Å²) in [4.78, 5) is 0. The van der Waals surface area contributed by atoms with Crippen LogP contribution in [-0.2, 0) is 0 Å². The van der Waals surface area contributed by atoms with Crippen molar-refractivity contribution >= 4 is 24.7 Å². The Balaban J connectivity index is 2.01. The Morgan fingerprint density at radius 2 is 1.94 bits per heavy atom. The molecular formula is C15H13BNO. The van der Waals surface area contributed by atoms with Gasteiger partial charge in [0.25, 0.3) is 7.41 Å². The molecule has 1 heterocycles. The van der Waals surface area contributed by atoms with Crippen molar-refractivity contribution in [2.75, 3.05) is 12.3 Å². The number of hydrogen-bond acceptors (Lipinski definition) is 2. The third kappa shape index (κ3) is 1.99. The first-order valence-electron chi connectivity index (χ1n) is 5.92. The van der Waals surface area contributed by atoms with E-state index in [4.69, 9.17) is 4.74 Å². The van der Waals surface area contributed by atoms with Gasteiger partial charge in [-0.1, -0.05) is 41.9 Å². The van der Waals surface area contributed by atoms with Gasteiger partial charge in [0.1, 0.15) is 5.75 Å². The molecule has 18 heavy (non-hydrogen) atoms. The number of nitrogens with one attached hydrogen (secondary N) is 1. The maximum Gasteiger partial charge on any atom is 0.283 e. The van der Waals surface area contributed by atoms with Gasteiger partial charge in [-0.25, -0.2) is 0 Å². The zero-order valence-corrected chi connectivity index (χ0v) is 10.2. The van der Waals surface area contributed by atoms with Crippen LogP contribution in [0.15, 0.2) is 48.5 Å². The molecule has 1 N–H and O–H groups in total. The molecule has 0 unspecified atom stereocenters. The number of rotatable bonds is 2. The van der Waals surface area contributed by atoms with Crippen molar-refractivity contribution in [3.8, 4) is 5.75 Å². The highest BCUT2D eigenvalue weighted by Crippen LogP contribution is 2.28. The van der Waals surface area contributed by atoms with E-state index >= 15 is 0 Å². The average Bonchev–Trinajstić information content (AvgIpc) is 2.47. The highest BCUT2D eigenvalue weighted by Gasteiger charge is 2.12. The summed E-state index contributed by atoms with van der Waals surface area (Å²) in [5.41, 5.74) is 4.66. The van der Waals surface area contributed by atoms with Gasteiger partial charge >= 0.3 is 0 Å². The van der Waals surface area contributed by atoms with Gasteiger partial charge in [0.05, 0.1) is 7.11 Å². The summed E-state index contributed by atoms with van der Waals surface area (Å²) in [6.45, 7) is 0. The fourth-order valence-corrected chi connectivity index (χ4v) is 2.09. The second-order valence-electron chi connectivity index (χ2n) is 4.21. The van der Waals surface area contributed by atoms with Crippen molar-refractivity contribution < 1.29 is 4.74 Å². The Bertz CT molecular complexity index is 607. The van der Waals surface area contributed by atoms with Gasteiger partial charge in [0, 0.05) is 5.69 Å². The predicted octanol–water partition coefficient (Wildman–Crippen LogP) is 3.24. The molecule has 2 aromatic rings. The maximum absolute atomic E-state index is 5.25. The molecule has 0 saturated carbocycles. The van der Waals surface area contributed by atoms with Gasteiger partial charge in [-0.3, -0.25) is 0 Å². The number of ether oxygens (including phenoxy) is 1. The first-order chi connectivity index (χ1) is 8.86. The summed E-state index contributed by atoms with van der Waals surface area (Å²) >= 11 is 0. The third-order valence-electron chi connectivity index (χ3n) is 3.06. The molecule has 1 aliphatic rings. The summed E-state index contributed by atoms with van der Waals surface area (Å²) < 4.78 is 5.25. The Labute approximate surface area is 108 Å². The molecule has 0 aliphatic carbocycles. The lowest BCUT2D eigenvalue weighted by Crippen LogP contribution is -2.13. The Hall–Kier alpha value is -2.16. The lowest BCUT2D eigenvalue weighted by atomic mass is 9.73. The smallest absolute Gasteiger partial charge is 0.283 e. The number of benzene rings is 2. The van der Waals surface area contributed by atoms with Crippen LogP contribution in [0.4, 0.5) is 5.69 Å². The Morgan fingerprint density at radius 1 is 1.06 bits per heavy atom. The van der Waals surface area contributed by atoms with Gasteiger partial charge in [-0.05, 0) is 29.3 Å². The minimum Gasteiger partial charge on any atom is -0.497 e. The second kappa shape index (κ2) is 4.61. The fraction of sp³-hybridized carbons (Fsp3) is 0.0667. The molecule has 3 heteroatoms. The molecule has 2 aromatic carbocycles. The van der Waals surface area contributed by atoms with Crippen molar-refractivity contribution in [1.29, 1.82) is 0 Å². The molecule has 3 rings (SSSR count). The molecular weight excluding hydrogens is 221 g/mol. The van der Waals surface area contributed by atoms with Crippen LogP contribution >= 0.6 is 0 Å². The van der Waals surface area contributed by atoms with Crippen LogP contribution in [0.2, 0.25) is 0 Å². The van der Waals surface area contributed by atoms with Crippen LogP contribution in [0.3, 0.4) is 0 Å². The lowest BCUT2D eigenvalue weighted by molar-refractivity contribution is 0.414. The van der Waals surface area contributed by atoms with E-state index in [9.17, 15) is 0 Å². The van der Waals surface area contributed by atoms with E-state index in [-0.39, 0.29) is 0 Å². The van der Waals surface area contributed by atoms with Crippen molar-refractivity contribution in [1.82, 2.24) is 0 Å². The van der Waals surface area contributed by atoms with Crippen LogP contribution in [0, 0.1) is 0 Å². The summed E-state index contributed by atoms with van der Waals surface area (Å²) in [6.07, 6.45) is 2.18. The maximum atomic E-state index is 5.25. The summed E-state index contributed by atoms with van der Waals surface area (Å²) in [6, 6.07) is 16.3.